The van der Waals surface area contributed by atoms with Crippen LogP contribution in [0.5, 0.6) is 5.75 Å². The molecular weight excluding hydrogens is 627 g/mol. The number of anilines is 2. The number of nitrogens with one attached hydrogen (secondary N) is 3. The number of carbonyl (C=O) groups excluding carboxylic acids is 2. The molecule has 2 heterocycles. The van der Waals surface area contributed by atoms with Gasteiger partial charge in [0.25, 0.3) is 11.8 Å². The second-order valence-corrected chi connectivity index (χ2v) is 12.7. The second-order valence-electron chi connectivity index (χ2n) is 11.8. The fraction of sp³-hybridized carbons (Fsp3) is 0.343. The van der Waals surface area contributed by atoms with E-state index < -0.39 is 11.7 Å². The molecule has 1 fully saturated rings. The zero-order valence-electron chi connectivity index (χ0n) is 26.4. The Morgan fingerprint density at radius 3 is 2.57 bits per heavy atom. The lowest BCUT2D eigenvalue weighted by atomic mass is 10.0. The van der Waals surface area contributed by atoms with Gasteiger partial charge in [-0.25, -0.2) is 4.98 Å². The minimum atomic E-state index is -4.47. The standard InChI is InChI=1S/C35H38F3N5O3S/c1-21(9-10-23-11-12-29(31(44)16-23)40-19-24-14-27(35(36,37)38)18-28(15-24)39-3)41-32(45)25-6-4-7-26(17-25)34(46)43-13-5-8-30(43)33-42-22(2)20-47-33/h4,6-7,11-12,14-18,20-21,30,39-40,44H,5,8-10,13,19H2,1-3H3,(H,41,45)/t21-,30+/m0/s1. The van der Waals surface area contributed by atoms with E-state index in [2.05, 4.69) is 20.9 Å². The van der Waals surface area contributed by atoms with Crippen molar-refractivity contribution in [1.29, 1.82) is 0 Å². The van der Waals surface area contributed by atoms with Crippen LogP contribution >= 0.6 is 11.3 Å². The fourth-order valence-corrected chi connectivity index (χ4v) is 6.64. The van der Waals surface area contributed by atoms with Gasteiger partial charge in [0, 0.05) is 54.1 Å². The van der Waals surface area contributed by atoms with Gasteiger partial charge in [-0.05, 0) is 99.2 Å². The molecule has 248 valence electrons. The average Bonchev–Trinajstić information content (AvgIpc) is 3.71. The molecule has 0 saturated carbocycles. The van der Waals surface area contributed by atoms with Crippen molar-refractivity contribution in [2.45, 2.75) is 64.3 Å². The monoisotopic (exact) mass is 665 g/mol. The molecule has 47 heavy (non-hydrogen) atoms. The summed E-state index contributed by atoms with van der Waals surface area (Å²) in [4.78, 5) is 33.0. The Kier molecular flexibility index (Phi) is 10.4. The lowest BCUT2D eigenvalue weighted by Gasteiger charge is -2.23. The fourth-order valence-electron chi connectivity index (χ4n) is 5.70. The Bertz CT molecular complexity index is 1740. The third kappa shape index (κ3) is 8.42. The number of phenolic OH excluding ortho intramolecular Hbond substituents is 1. The van der Waals surface area contributed by atoms with Gasteiger partial charge >= 0.3 is 6.18 Å². The first-order valence-electron chi connectivity index (χ1n) is 15.5. The van der Waals surface area contributed by atoms with Gasteiger partial charge in [-0.3, -0.25) is 9.59 Å². The number of hydrogen-bond acceptors (Lipinski definition) is 7. The van der Waals surface area contributed by atoms with Crippen LogP contribution in [0, 0.1) is 6.92 Å². The Morgan fingerprint density at radius 1 is 1.09 bits per heavy atom. The van der Waals surface area contributed by atoms with Crippen LogP contribution in [0.4, 0.5) is 24.5 Å². The number of aromatic hydroxyl groups is 1. The maximum atomic E-state index is 13.4. The van der Waals surface area contributed by atoms with Crippen molar-refractivity contribution < 1.29 is 27.9 Å². The number of rotatable bonds is 11. The summed E-state index contributed by atoms with van der Waals surface area (Å²) in [6.07, 6.45) is -1.54. The predicted molar refractivity (Wildman–Crippen MR) is 178 cm³/mol. The smallest absolute Gasteiger partial charge is 0.416 e. The van der Waals surface area contributed by atoms with Gasteiger partial charge in [0.1, 0.15) is 10.8 Å². The van der Waals surface area contributed by atoms with E-state index in [0.29, 0.717) is 47.5 Å². The topological polar surface area (TPSA) is 107 Å². The highest BCUT2D eigenvalue weighted by molar-refractivity contribution is 7.09. The van der Waals surface area contributed by atoms with Crippen molar-refractivity contribution in [3.63, 3.8) is 0 Å². The van der Waals surface area contributed by atoms with Gasteiger partial charge in [0.05, 0.1) is 17.3 Å². The summed E-state index contributed by atoms with van der Waals surface area (Å²) in [7, 11) is 1.56. The lowest BCUT2D eigenvalue weighted by molar-refractivity contribution is -0.137. The van der Waals surface area contributed by atoms with Crippen molar-refractivity contribution >= 4 is 34.5 Å². The number of alkyl halides is 3. The third-order valence-electron chi connectivity index (χ3n) is 8.20. The molecule has 12 heteroatoms. The zero-order chi connectivity index (χ0) is 33.7. The summed E-state index contributed by atoms with van der Waals surface area (Å²) in [5, 5.41) is 22.3. The molecule has 3 aromatic carbocycles. The zero-order valence-corrected chi connectivity index (χ0v) is 27.3. The molecule has 0 radical (unpaired) electrons. The third-order valence-corrected chi connectivity index (χ3v) is 9.27. The number of phenols is 1. The summed E-state index contributed by atoms with van der Waals surface area (Å²) in [5.41, 5.74) is 3.06. The van der Waals surface area contributed by atoms with Crippen LogP contribution in [0.3, 0.4) is 0 Å². The summed E-state index contributed by atoms with van der Waals surface area (Å²) < 4.78 is 39.8. The second kappa shape index (κ2) is 14.5. The van der Waals surface area contributed by atoms with E-state index in [-0.39, 0.29) is 36.2 Å². The van der Waals surface area contributed by atoms with Gasteiger partial charge < -0.3 is 26.0 Å². The maximum absolute atomic E-state index is 13.4. The number of carbonyl (C=O) groups is 2. The first kappa shape index (κ1) is 33.8. The van der Waals surface area contributed by atoms with Gasteiger partial charge in [0.15, 0.2) is 0 Å². The molecule has 5 rings (SSSR count). The highest BCUT2D eigenvalue weighted by Gasteiger charge is 2.33. The number of hydrogen-bond donors (Lipinski definition) is 4. The Labute approximate surface area is 276 Å². The van der Waals surface area contributed by atoms with E-state index in [4.69, 9.17) is 0 Å². The molecule has 2 amide bonds. The lowest BCUT2D eigenvalue weighted by Crippen LogP contribution is -2.33. The molecule has 2 atom stereocenters. The molecule has 1 aliphatic heterocycles. The minimum Gasteiger partial charge on any atom is -0.506 e. The van der Waals surface area contributed by atoms with Crippen molar-refractivity contribution in [2.24, 2.45) is 0 Å². The molecule has 8 nitrogen and oxygen atoms in total. The van der Waals surface area contributed by atoms with E-state index in [1.54, 1.807) is 60.8 Å². The summed E-state index contributed by atoms with van der Waals surface area (Å²) in [6, 6.07) is 15.4. The van der Waals surface area contributed by atoms with Crippen molar-refractivity contribution in [3.05, 3.63) is 105 Å². The van der Waals surface area contributed by atoms with E-state index in [1.807, 2.05) is 30.2 Å². The van der Waals surface area contributed by atoms with E-state index >= 15 is 0 Å². The first-order chi connectivity index (χ1) is 22.4. The predicted octanol–water partition coefficient (Wildman–Crippen LogP) is 7.56. The highest BCUT2D eigenvalue weighted by atomic mass is 32.1. The number of likely N-dealkylation sites (tertiary alicyclic amines) is 1. The summed E-state index contributed by atoms with van der Waals surface area (Å²) in [5.74, 6) is -0.413. The van der Waals surface area contributed by atoms with Crippen LogP contribution in [0.1, 0.15) is 80.3 Å². The SMILES string of the molecule is CNc1cc(CNc2ccc(CC[C@H](C)NC(=O)c3cccc(C(=O)N4CCC[C@@H]4c4nc(C)cs4)c3)cc2O)cc(C(F)(F)F)c1. The van der Waals surface area contributed by atoms with Crippen LogP contribution in [-0.4, -0.2) is 46.4 Å². The number of nitrogens with zero attached hydrogens (tertiary/aromatic N) is 2. The molecule has 4 N–H and O–H groups in total. The average molecular weight is 666 g/mol. The Balaban J connectivity index is 1.14. The molecule has 0 bridgehead atoms. The van der Waals surface area contributed by atoms with Crippen LogP contribution in [0.15, 0.2) is 66.0 Å². The van der Waals surface area contributed by atoms with Crippen LogP contribution in [-0.2, 0) is 19.1 Å². The van der Waals surface area contributed by atoms with Crippen molar-refractivity contribution in [3.8, 4) is 5.75 Å². The molecular formula is C35H38F3N5O3S. The highest BCUT2D eigenvalue weighted by Crippen LogP contribution is 2.35. The van der Waals surface area contributed by atoms with Gasteiger partial charge in [-0.1, -0.05) is 12.1 Å². The van der Waals surface area contributed by atoms with Crippen molar-refractivity contribution in [1.82, 2.24) is 15.2 Å². The number of halogens is 3. The van der Waals surface area contributed by atoms with Gasteiger partial charge in [-0.2, -0.15) is 13.2 Å². The molecule has 1 saturated heterocycles. The molecule has 0 spiro atoms. The molecule has 1 aromatic heterocycles. The maximum Gasteiger partial charge on any atom is 0.416 e. The van der Waals surface area contributed by atoms with E-state index in [1.165, 1.54) is 0 Å². The molecule has 1 aliphatic rings. The van der Waals surface area contributed by atoms with Crippen LogP contribution in [0.2, 0.25) is 0 Å². The minimum absolute atomic E-state index is 0.0216. The number of thiazole rings is 1. The molecule has 0 unspecified atom stereocenters. The number of benzene rings is 3. The van der Waals surface area contributed by atoms with E-state index in [9.17, 15) is 27.9 Å². The van der Waals surface area contributed by atoms with Crippen LogP contribution < -0.4 is 16.0 Å². The van der Waals surface area contributed by atoms with Crippen molar-refractivity contribution in [2.75, 3.05) is 24.2 Å². The van der Waals surface area contributed by atoms with E-state index in [0.717, 1.165) is 41.2 Å². The quantitative estimate of drug-likeness (QED) is 0.123. The largest absolute Gasteiger partial charge is 0.506 e. The number of aryl methyl sites for hydroxylation is 2. The Hall–Kier alpha value is -4.58. The Morgan fingerprint density at radius 2 is 1.87 bits per heavy atom. The number of amides is 2. The molecule has 0 aliphatic carbocycles. The summed E-state index contributed by atoms with van der Waals surface area (Å²) in [6.45, 7) is 4.57. The number of aromatic nitrogens is 1. The first-order valence-corrected chi connectivity index (χ1v) is 16.4. The molecule has 4 aromatic rings. The van der Waals surface area contributed by atoms with Gasteiger partial charge in [-0.15, -0.1) is 11.3 Å². The van der Waals surface area contributed by atoms with Crippen LogP contribution in [0.25, 0.3) is 0 Å². The normalized spacial score (nSPS) is 15.4. The summed E-state index contributed by atoms with van der Waals surface area (Å²) >= 11 is 1.57. The van der Waals surface area contributed by atoms with Gasteiger partial charge in [0.2, 0.25) is 0 Å².